The van der Waals surface area contributed by atoms with E-state index in [1.54, 1.807) is 6.08 Å². The second-order valence-corrected chi connectivity index (χ2v) is 8.40. The third-order valence-electron chi connectivity index (χ3n) is 5.41. The van der Waals surface area contributed by atoms with E-state index in [1.807, 2.05) is 24.0 Å². The molecule has 0 unspecified atom stereocenters. The summed E-state index contributed by atoms with van der Waals surface area (Å²) >= 11 is 2.04. The van der Waals surface area contributed by atoms with E-state index in [0.29, 0.717) is 0 Å². The largest absolute Gasteiger partial charge is 0.324 e. The molecule has 1 amide bonds. The van der Waals surface area contributed by atoms with E-state index in [-0.39, 0.29) is 5.91 Å². The van der Waals surface area contributed by atoms with Crippen molar-refractivity contribution in [3.05, 3.63) is 70.7 Å². The van der Waals surface area contributed by atoms with Crippen LogP contribution in [0.15, 0.2) is 64.6 Å². The lowest BCUT2D eigenvalue weighted by molar-refractivity contribution is -0.115. The molecule has 0 saturated carbocycles. The molecule has 1 aromatic carbocycles. The maximum Gasteiger partial charge on any atom is 0.248 e. The first-order chi connectivity index (χ1) is 13.3. The summed E-state index contributed by atoms with van der Waals surface area (Å²) in [6.07, 6.45) is 6.15. The van der Waals surface area contributed by atoms with Crippen molar-refractivity contribution < 1.29 is 4.79 Å². The van der Waals surface area contributed by atoms with Crippen LogP contribution in [0.4, 0.5) is 0 Å². The Morgan fingerprint density at radius 3 is 2.70 bits per heavy atom. The topological polar surface area (TPSA) is 47.9 Å². The number of hydrogen-bond donors (Lipinski definition) is 1. The van der Waals surface area contributed by atoms with E-state index in [1.165, 1.54) is 30.2 Å². The van der Waals surface area contributed by atoms with Crippen molar-refractivity contribution >= 4 is 23.5 Å². The Kier molecular flexibility index (Phi) is 4.38. The average Bonchev–Trinajstić information content (AvgIpc) is 3.04. The molecule has 1 aromatic rings. The first-order valence-corrected chi connectivity index (χ1v) is 10.6. The molecule has 1 saturated heterocycles. The van der Waals surface area contributed by atoms with Gasteiger partial charge in [0.05, 0.1) is 5.70 Å². The van der Waals surface area contributed by atoms with E-state index >= 15 is 0 Å². The Balaban J connectivity index is 1.39. The Labute approximate surface area is 163 Å². The zero-order valence-electron chi connectivity index (χ0n) is 15.1. The number of amides is 1. The van der Waals surface area contributed by atoms with Crippen molar-refractivity contribution in [3.63, 3.8) is 0 Å². The Hall–Kier alpha value is -2.31. The van der Waals surface area contributed by atoms with Gasteiger partial charge in [-0.15, -0.1) is 0 Å². The van der Waals surface area contributed by atoms with Crippen LogP contribution in [0.2, 0.25) is 0 Å². The van der Waals surface area contributed by atoms with Crippen LogP contribution < -0.4 is 5.32 Å². The summed E-state index contributed by atoms with van der Waals surface area (Å²) in [7, 11) is 0. The molecule has 5 nitrogen and oxygen atoms in total. The van der Waals surface area contributed by atoms with Crippen LogP contribution in [0.5, 0.6) is 0 Å². The molecule has 1 fully saturated rings. The van der Waals surface area contributed by atoms with Crippen molar-refractivity contribution in [1.82, 2.24) is 15.1 Å². The van der Waals surface area contributed by atoms with Gasteiger partial charge in [0, 0.05) is 73.2 Å². The molecule has 4 aliphatic rings. The number of nitrogens with zero attached hydrogens (tertiary/aromatic N) is 3. The fourth-order valence-electron chi connectivity index (χ4n) is 4.03. The lowest BCUT2D eigenvalue weighted by Gasteiger charge is -2.28. The quantitative estimate of drug-likeness (QED) is 0.878. The number of carbonyl (C=O) groups is 1. The van der Waals surface area contributed by atoms with Gasteiger partial charge in [0.1, 0.15) is 5.84 Å². The maximum absolute atomic E-state index is 11.8. The highest BCUT2D eigenvalue weighted by molar-refractivity contribution is 7.99. The van der Waals surface area contributed by atoms with Crippen LogP contribution in [0.1, 0.15) is 17.5 Å². The minimum atomic E-state index is -0.0586. The van der Waals surface area contributed by atoms with E-state index in [4.69, 9.17) is 4.99 Å². The number of allylic oxidation sites excluding steroid dienone is 1. The van der Waals surface area contributed by atoms with Gasteiger partial charge >= 0.3 is 0 Å². The van der Waals surface area contributed by atoms with E-state index < -0.39 is 0 Å². The molecule has 0 aliphatic carbocycles. The number of thioether (sulfide) groups is 1. The molecule has 0 bridgehead atoms. The number of hydrogen-bond acceptors (Lipinski definition) is 5. The van der Waals surface area contributed by atoms with E-state index in [2.05, 4.69) is 39.4 Å². The molecule has 4 heterocycles. The number of amidine groups is 1. The third kappa shape index (κ3) is 3.24. The van der Waals surface area contributed by atoms with Crippen molar-refractivity contribution in [2.75, 3.05) is 31.1 Å². The van der Waals surface area contributed by atoms with Gasteiger partial charge in [0.25, 0.3) is 0 Å². The minimum Gasteiger partial charge on any atom is -0.324 e. The normalized spacial score (nSPS) is 22.2. The zero-order chi connectivity index (χ0) is 18.2. The van der Waals surface area contributed by atoms with Gasteiger partial charge in [-0.25, -0.2) is 4.99 Å². The highest BCUT2D eigenvalue weighted by Gasteiger charge is 2.32. The molecule has 0 spiro atoms. The van der Waals surface area contributed by atoms with Crippen LogP contribution in [0.25, 0.3) is 0 Å². The van der Waals surface area contributed by atoms with Gasteiger partial charge < -0.3 is 10.2 Å². The predicted molar refractivity (Wildman–Crippen MR) is 109 cm³/mol. The molecule has 0 aromatic heterocycles. The van der Waals surface area contributed by atoms with Crippen LogP contribution >= 0.6 is 11.8 Å². The summed E-state index contributed by atoms with van der Waals surface area (Å²) in [5, 5.41) is 3.01. The van der Waals surface area contributed by atoms with Gasteiger partial charge in [-0.05, 0) is 11.6 Å². The second-order valence-electron chi connectivity index (χ2n) is 7.17. The Morgan fingerprint density at radius 2 is 1.89 bits per heavy atom. The molecule has 5 rings (SSSR count). The molecule has 27 heavy (non-hydrogen) atoms. The molecular weight excluding hydrogens is 356 g/mol. The molecule has 4 aliphatic heterocycles. The van der Waals surface area contributed by atoms with Crippen molar-refractivity contribution in [1.29, 1.82) is 0 Å². The number of aliphatic imine (C=N–C) groups is 1. The summed E-state index contributed by atoms with van der Waals surface area (Å²) in [6, 6.07) is 8.79. The van der Waals surface area contributed by atoms with Crippen LogP contribution in [0.3, 0.4) is 0 Å². The highest BCUT2D eigenvalue weighted by Crippen LogP contribution is 2.34. The van der Waals surface area contributed by atoms with Gasteiger partial charge in [-0.1, -0.05) is 24.3 Å². The van der Waals surface area contributed by atoms with Crippen molar-refractivity contribution in [3.8, 4) is 0 Å². The second kappa shape index (κ2) is 7.02. The molecule has 0 atom stereocenters. The minimum absolute atomic E-state index is 0.0586. The standard InChI is InChI=1S/C21H22N4OS/c26-19-6-5-17-13-22-21(25-8-7-18(23-19)20(17)25)16-3-1-15(2-4-16)14-24-9-11-27-12-10-24/h1-6,13H,7-12,14H2,(H,23,26). The van der Waals surface area contributed by atoms with Crippen LogP contribution in [-0.2, 0) is 11.3 Å². The zero-order valence-corrected chi connectivity index (χ0v) is 16.0. The highest BCUT2D eigenvalue weighted by atomic mass is 32.2. The summed E-state index contributed by atoms with van der Waals surface area (Å²) in [5.41, 5.74) is 5.57. The van der Waals surface area contributed by atoms with E-state index in [0.717, 1.165) is 47.9 Å². The molecule has 6 heteroatoms. The predicted octanol–water partition coefficient (Wildman–Crippen LogP) is 2.48. The van der Waals surface area contributed by atoms with E-state index in [9.17, 15) is 4.79 Å². The van der Waals surface area contributed by atoms with Crippen molar-refractivity contribution in [2.24, 2.45) is 4.99 Å². The summed E-state index contributed by atoms with van der Waals surface area (Å²) in [6.45, 7) is 4.22. The molecule has 138 valence electrons. The summed E-state index contributed by atoms with van der Waals surface area (Å²) in [5.74, 6) is 3.38. The molecular formula is C21H22N4OS. The fourth-order valence-corrected chi connectivity index (χ4v) is 5.01. The number of rotatable bonds is 3. The number of nitrogens with one attached hydrogen (secondary N) is 1. The Morgan fingerprint density at radius 1 is 1.07 bits per heavy atom. The lowest BCUT2D eigenvalue weighted by atomic mass is 10.1. The smallest absolute Gasteiger partial charge is 0.248 e. The number of carbonyl (C=O) groups excluding carboxylic acids is 1. The fraction of sp³-hybridized carbons (Fsp3) is 0.333. The molecule has 1 N–H and O–H groups in total. The van der Waals surface area contributed by atoms with Crippen molar-refractivity contribution in [2.45, 2.75) is 13.0 Å². The SMILES string of the molecule is O=C1C=CC2=CN=C(c3ccc(CN4CCSCC4)cc3)N3CCC(=C23)N1. The first kappa shape index (κ1) is 16.8. The third-order valence-corrected chi connectivity index (χ3v) is 6.35. The average molecular weight is 379 g/mol. The van der Waals surface area contributed by atoms with Gasteiger partial charge in [-0.2, -0.15) is 11.8 Å². The number of benzene rings is 1. The van der Waals surface area contributed by atoms with Crippen LogP contribution in [0, 0.1) is 0 Å². The summed E-state index contributed by atoms with van der Waals surface area (Å²) in [4.78, 5) is 21.3. The molecule has 0 radical (unpaired) electrons. The Bertz CT molecular complexity index is 891. The monoisotopic (exact) mass is 378 g/mol. The summed E-state index contributed by atoms with van der Waals surface area (Å²) < 4.78 is 0. The van der Waals surface area contributed by atoms with Gasteiger partial charge in [0.2, 0.25) is 5.91 Å². The lowest BCUT2D eigenvalue weighted by Crippen LogP contribution is -2.32. The first-order valence-electron chi connectivity index (χ1n) is 9.45. The van der Waals surface area contributed by atoms with Crippen LogP contribution in [-0.4, -0.2) is 52.7 Å². The van der Waals surface area contributed by atoms with Gasteiger partial charge in [0.15, 0.2) is 0 Å². The van der Waals surface area contributed by atoms with Gasteiger partial charge in [-0.3, -0.25) is 9.69 Å². The maximum atomic E-state index is 11.8.